The minimum Gasteiger partial charge on any atom is -0.488 e. The van der Waals surface area contributed by atoms with Crippen LogP contribution in [0.3, 0.4) is 0 Å². The molecule has 1 fully saturated rings. The highest BCUT2D eigenvalue weighted by Crippen LogP contribution is 2.26. The van der Waals surface area contributed by atoms with Gasteiger partial charge in [0.2, 0.25) is 0 Å². The van der Waals surface area contributed by atoms with E-state index in [0.29, 0.717) is 17.9 Å². The monoisotopic (exact) mass is 419 g/mol. The first-order valence-corrected chi connectivity index (χ1v) is 10.8. The fourth-order valence-corrected chi connectivity index (χ4v) is 3.86. The largest absolute Gasteiger partial charge is 0.488 e. The molecule has 1 amide bonds. The third kappa shape index (κ3) is 4.90. The molecular weight excluding hydrogens is 390 g/mol. The lowest BCUT2D eigenvalue weighted by atomic mass is 9.99. The highest BCUT2D eigenvalue weighted by Gasteiger charge is 2.17. The van der Waals surface area contributed by atoms with Crippen molar-refractivity contribution in [1.82, 2.24) is 5.16 Å². The van der Waals surface area contributed by atoms with E-state index >= 15 is 0 Å². The molecule has 2 heterocycles. The summed E-state index contributed by atoms with van der Waals surface area (Å²) in [5.41, 5.74) is 4.15. The van der Waals surface area contributed by atoms with Gasteiger partial charge in [0.15, 0.2) is 0 Å². The average Bonchev–Trinajstić information content (AvgIpc) is 3.11. The Morgan fingerprint density at radius 2 is 1.84 bits per heavy atom. The smallest absolute Gasteiger partial charge is 0.259 e. The molecule has 3 aromatic rings. The first-order valence-electron chi connectivity index (χ1n) is 10.8. The molecule has 6 heteroatoms. The van der Waals surface area contributed by atoms with Crippen LogP contribution in [0.4, 0.5) is 11.4 Å². The minimum atomic E-state index is -0.200. The lowest BCUT2D eigenvalue weighted by molar-refractivity contribution is 0.102. The van der Waals surface area contributed by atoms with Gasteiger partial charge in [0.05, 0.1) is 16.8 Å². The lowest BCUT2D eigenvalue weighted by Gasteiger charge is -2.32. The average molecular weight is 420 g/mol. The number of carbonyl (C=O) groups is 1. The van der Waals surface area contributed by atoms with Gasteiger partial charge < -0.3 is 19.5 Å². The van der Waals surface area contributed by atoms with E-state index in [9.17, 15) is 4.79 Å². The minimum absolute atomic E-state index is 0.200. The molecule has 162 valence electrons. The predicted octanol–water partition coefficient (Wildman–Crippen LogP) is 5.36. The number of hydrogen-bond acceptors (Lipinski definition) is 5. The maximum Gasteiger partial charge on any atom is 0.259 e. The van der Waals surface area contributed by atoms with Gasteiger partial charge in [-0.2, -0.15) is 0 Å². The first kappa shape index (κ1) is 21.0. The highest BCUT2D eigenvalue weighted by atomic mass is 16.5. The molecular formula is C25H29N3O3. The second-order valence-electron chi connectivity index (χ2n) is 8.26. The molecule has 1 aromatic heterocycles. The van der Waals surface area contributed by atoms with Crippen molar-refractivity contribution < 1.29 is 14.1 Å². The second kappa shape index (κ2) is 9.25. The summed E-state index contributed by atoms with van der Waals surface area (Å²) in [5, 5.41) is 6.93. The normalized spacial score (nSPS) is 14.5. The summed E-state index contributed by atoms with van der Waals surface area (Å²) in [7, 11) is 0. The Kier molecular flexibility index (Phi) is 6.26. The molecule has 0 aliphatic carbocycles. The number of ether oxygens (including phenoxy) is 1. The maximum absolute atomic E-state index is 12.9. The Bertz CT molecular complexity index is 1010. The summed E-state index contributed by atoms with van der Waals surface area (Å²) in [6, 6.07) is 15.3. The Morgan fingerprint density at radius 3 is 2.52 bits per heavy atom. The van der Waals surface area contributed by atoms with Crippen LogP contribution in [-0.4, -0.2) is 24.2 Å². The lowest BCUT2D eigenvalue weighted by Crippen LogP contribution is -2.32. The molecule has 4 rings (SSSR count). The van der Waals surface area contributed by atoms with Gasteiger partial charge in [-0.15, -0.1) is 0 Å². The van der Waals surface area contributed by atoms with Crippen molar-refractivity contribution in [2.45, 2.75) is 40.2 Å². The first-order chi connectivity index (χ1) is 15.0. The molecule has 2 aromatic carbocycles. The van der Waals surface area contributed by atoms with Gasteiger partial charge in [-0.3, -0.25) is 4.79 Å². The zero-order valence-electron chi connectivity index (χ0n) is 18.4. The van der Waals surface area contributed by atoms with Crippen LogP contribution in [0, 0.1) is 19.8 Å². The van der Waals surface area contributed by atoms with Crippen molar-refractivity contribution in [3.63, 3.8) is 0 Å². The summed E-state index contributed by atoms with van der Waals surface area (Å²) < 4.78 is 11.1. The van der Waals surface area contributed by atoms with Crippen LogP contribution >= 0.6 is 0 Å². The number of aromatic nitrogens is 1. The van der Waals surface area contributed by atoms with E-state index in [0.717, 1.165) is 41.7 Å². The molecule has 0 atom stereocenters. The van der Waals surface area contributed by atoms with E-state index in [4.69, 9.17) is 9.26 Å². The molecule has 0 radical (unpaired) electrons. The van der Waals surface area contributed by atoms with Crippen molar-refractivity contribution in [3.05, 3.63) is 71.1 Å². The van der Waals surface area contributed by atoms with E-state index < -0.39 is 0 Å². The van der Waals surface area contributed by atoms with E-state index in [1.54, 1.807) is 12.1 Å². The number of carbonyl (C=O) groups excluding carboxylic acids is 1. The van der Waals surface area contributed by atoms with Gasteiger partial charge in [0, 0.05) is 24.5 Å². The van der Waals surface area contributed by atoms with Crippen molar-refractivity contribution in [1.29, 1.82) is 0 Å². The summed E-state index contributed by atoms with van der Waals surface area (Å²) in [6.07, 6.45) is 2.45. The van der Waals surface area contributed by atoms with Crippen LogP contribution in [0.2, 0.25) is 0 Å². The number of piperidine rings is 1. The molecule has 1 saturated heterocycles. The number of amides is 1. The second-order valence-corrected chi connectivity index (χ2v) is 8.26. The number of aryl methyl sites for hydroxylation is 2. The number of benzene rings is 2. The zero-order valence-corrected chi connectivity index (χ0v) is 18.4. The van der Waals surface area contributed by atoms with E-state index in [1.165, 1.54) is 18.5 Å². The predicted molar refractivity (Wildman–Crippen MR) is 122 cm³/mol. The van der Waals surface area contributed by atoms with E-state index in [1.807, 2.05) is 38.1 Å². The fraction of sp³-hybridized carbons (Fsp3) is 0.360. The molecule has 0 bridgehead atoms. The molecule has 1 N–H and O–H groups in total. The van der Waals surface area contributed by atoms with Gasteiger partial charge in [-0.1, -0.05) is 24.2 Å². The standard InChI is InChI=1S/C25H29N3O3/c1-17-12-14-28(15-13-17)21-10-8-20(9-11-21)26-25(29)22-6-4-5-7-24(22)30-16-23-18(2)27-31-19(23)3/h4-11,17H,12-16H2,1-3H3,(H,26,29). The van der Waals surface area contributed by atoms with Crippen LogP contribution in [0.15, 0.2) is 53.1 Å². The van der Waals surface area contributed by atoms with Gasteiger partial charge in [0.25, 0.3) is 5.91 Å². The third-order valence-electron chi connectivity index (χ3n) is 5.96. The molecule has 31 heavy (non-hydrogen) atoms. The molecule has 6 nitrogen and oxygen atoms in total. The van der Waals surface area contributed by atoms with Gasteiger partial charge in [0.1, 0.15) is 18.1 Å². The van der Waals surface area contributed by atoms with Crippen molar-refractivity contribution >= 4 is 17.3 Å². The van der Waals surface area contributed by atoms with Gasteiger partial charge in [-0.05, 0) is 69.0 Å². The Hall–Kier alpha value is -3.28. The number of rotatable bonds is 6. The van der Waals surface area contributed by atoms with E-state index in [-0.39, 0.29) is 5.91 Å². The molecule has 0 unspecified atom stereocenters. The van der Waals surface area contributed by atoms with Crippen LogP contribution in [0.5, 0.6) is 5.75 Å². The summed E-state index contributed by atoms with van der Waals surface area (Å²) in [6.45, 7) is 8.51. The van der Waals surface area contributed by atoms with E-state index in [2.05, 4.69) is 34.4 Å². The van der Waals surface area contributed by atoms with Gasteiger partial charge >= 0.3 is 0 Å². The van der Waals surface area contributed by atoms with Gasteiger partial charge in [-0.25, -0.2) is 0 Å². The van der Waals surface area contributed by atoms with Crippen molar-refractivity contribution in [2.75, 3.05) is 23.3 Å². The summed E-state index contributed by atoms with van der Waals surface area (Å²) in [5.74, 6) is 1.85. The Morgan fingerprint density at radius 1 is 1.13 bits per heavy atom. The van der Waals surface area contributed by atoms with Crippen LogP contribution in [0.25, 0.3) is 0 Å². The fourth-order valence-electron chi connectivity index (χ4n) is 3.86. The molecule has 1 aliphatic rings. The maximum atomic E-state index is 12.9. The SMILES string of the molecule is Cc1noc(C)c1COc1ccccc1C(=O)Nc1ccc(N2CCC(C)CC2)cc1. The zero-order chi connectivity index (χ0) is 21.8. The summed E-state index contributed by atoms with van der Waals surface area (Å²) in [4.78, 5) is 15.3. The van der Waals surface area contributed by atoms with Crippen molar-refractivity contribution in [2.24, 2.45) is 5.92 Å². The van der Waals surface area contributed by atoms with Crippen LogP contribution in [0.1, 0.15) is 47.1 Å². The number of para-hydroxylation sites is 1. The molecule has 1 aliphatic heterocycles. The Labute approximate surface area is 183 Å². The number of anilines is 2. The molecule has 0 saturated carbocycles. The number of hydrogen-bond donors (Lipinski definition) is 1. The summed E-state index contributed by atoms with van der Waals surface area (Å²) >= 11 is 0. The quantitative estimate of drug-likeness (QED) is 0.583. The topological polar surface area (TPSA) is 67.6 Å². The highest BCUT2D eigenvalue weighted by molar-refractivity contribution is 6.06. The van der Waals surface area contributed by atoms with Crippen LogP contribution in [-0.2, 0) is 6.61 Å². The number of nitrogens with one attached hydrogen (secondary N) is 1. The van der Waals surface area contributed by atoms with Crippen molar-refractivity contribution in [3.8, 4) is 5.75 Å². The van der Waals surface area contributed by atoms with Crippen LogP contribution < -0.4 is 15.0 Å². The Balaban J connectivity index is 1.42. The molecule has 0 spiro atoms. The third-order valence-corrected chi connectivity index (χ3v) is 5.96. The number of nitrogens with zero attached hydrogens (tertiary/aromatic N) is 2.